The van der Waals surface area contributed by atoms with Gasteiger partial charge in [-0.05, 0) is 25.5 Å². The van der Waals surface area contributed by atoms with E-state index in [9.17, 15) is 4.79 Å². The summed E-state index contributed by atoms with van der Waals surface area (Å²) in [7, 11) is 0. The zero-order valence-electron chi connectivity index (χ0n) is 9.20. The molecule has 0 unspecified atom stereocenters. The van der Waals surface area contributed by atoms with Crippen LogP contribution in [0.25, 0.3) is 0 Å². The van der Waals surface area contributed by atoms with Crippen LogP contribution in [-0.4, -0.2) is 11.1 Å². The van der Waals surface area contributed by atoms with Crippen molar-refractivity contribution in [3.8, 4) is 0 Å². The Hall–Kier alpha value is -1.33. The quantitative estimate of drug-likeness (QED) is 0.928. The summed E-state index contributed by atoms with van der Waals surface area (Å²) in [6.07, 6.45) is 1.09. The highest BCUT2D eigenvalue weighted by Gasteiger charge is 2.07. The van der Waals surface area contributed by atoms with E-state index in [0.717, 1.165) is 9.21 Å². The maximum absolute atomic E-state index is 11.6. The fourth-order valence-electron chi connectivity index (χ4n) is 1.35. The lowest BCUT2D eigenvalue weighted by Gasteiger charge is -1.99. The van der Waals surface area contributed by atoms with Gasteiger partial charge in [-0.15, -0.1) is 11.3 Å². The minimum absolute atomic E-state index is 0.0807. The fourth-order valence-corrected chi connectivity index (χ4v) is 2.44. The Balaban J connectivity index is 1.82. The van der Waals surface area contributed by atoms with Crippen LogP contribution in [0.4, 0.5) is 5.82 Å². The Morgan fingerprint density at radius 3 is 3.00 bits per heavy atom. The van der Waals surface area contributed by atoms with Gasteiger partial charge in [0.15, 0.2) is 5.82 Å². The molecule has 2 heterocycles. The van der Waals surface area contributed by atoms with Crippen molar-refractivity contribution in [2.24, 2.45) is 0 Å². The highest BCUT2D eigenvalue weighted by atomic mass is 35.5. The van der Waals surface area contributed by atoms with Crippen molar-refractivity contribution in [1.29, 1.82) is 0 Å². The van der Waals surface area contributed by atoms with Gasteiger partial charge in [0.1, 0.15) is 5.76 Å². The van der Waals surface area contributed by atoms with Crippen LogP contribution in [0.5, 0.6) is 0 Å². The standard InChI is InChI=1S/C11H11ClN2O2S/c1-7-6-10(14-16-7)13-11(15)5-3-8-2-4-9(12)17-8/h2,4,6H,3,5H2,1H3,(H,13,14,15). The summed E-state index contributed by atoms with van der Waals surface area (Å²) in [5, 5.41) is 6.36. The Morgan fingerprint density at radius 2 is 2.41 bits per heavy atom. The van der Waals surface area contributed by atoms with E-state index >= 15 is 0 Å². The van der Waals surface area contributed by atoms with Gasteiger partial charge in [-0.2, -0.15) is 0 Å². The van der Waals surface area contributed by atoms with Crippen molar-refractivity contribution < 1.29 is 9.32 Å². The van der Waals surface area contributed by atoms with Crippen LogP contribution in [0.15, 0.2) is 22.7 Å². The maximum atomic E-state index is 11.6. The lowest BCUT2D eigenvalue weighted by atomic mass is 10.2. The molecule has 0 aliphatic rings. The first-order chi connectivity index (χ1) is 8.13. The number of anilines is 1. The number of nitrogens with zero attached hydrogens (tertiary/aromatic N) is 1. The van der Waals surface area contributed by atoms with E-state index in [2.05, 4.69) is 10.5 Å². The van der Waals surface area contributed by atoms with Crippen LogP contribution in [-0.2, 0) is 11.2 Å². The first-order valence-electron chi connectivity index (χ1n) is 5.11. The third-order valence-electron chi connectivity index (χ3n) is 2.12. The van der Waals surface area contributed by atoms with Crippen LogP contribution in [0.1, 0.15) is 17.1 Å². The van der Waals surface area contributed by atoms with Crippen LogP contribution in [0.3, 0.4) is 0 Å². The summed E-state index contributed by atoms with van der Waals surface area (Å²) in [5.41, 5.74) is 0. The molecule has 6 heteroatoms. The number of aryl methyl sites for hydroxylation is 2. The predicted molar refractivity (Wildman–Crippen MR) is 67.5 cm³/mol. The second-order valence-electron chi connectivity index (χ2n) is 3.58. The highest BCUT2D eigenvalue weighted by molar-refractivity contribution is 7.16. The van der Waals surface area contributed by atoms with Gasteiger partial charge in [0.05, 0.1) is 4.34 Å². The van der Waals surface area contributed by atoms with Crippen LogP contribution in [0, 0.1) is 6.92 Å². The minimum atomic E-state index is -0.0807. The Labute approximate surface area is 108 Å². The highest BCUT2D eigenvalue weighted by Crippen LogP contribution is 2.22. The van der Waals surface area contributed by atoms with Gasteiger partial charge in [-0.3, -0.25) is 4.79 Å². The van der Waals surface area contributed by atoms with Crippen LogP contribution in [0.2, 0.25) is 4.34 Å². The van der Waals surface area contributed by atoms with E-state index in [1.54, 1.807) is 13.0 Å². The van der Waals surface area contributed by atoms with Gasteiger partial charge in [0.25, 0.3) is 0 Å². The van der Waals surface area contributed by atoms with E-state index < -0.39 is 0 Å². The average molecular weight is 271 g/mol. The number of nitrogens with one attached hydrogen (secondary N) is 1. The zero-order valence-corrected chi connectivity index (χ0v) is 10.8. The summed E-state index contributed by atoms with van der Waals surface area (Å²) in [6, 6.07) is 5.45. The molecule has 0 fully saturated rings. The van der Waals surface area contributed by atoms with Gasteiger partial charge in [-0.25, -0.2) is 0 Å². The number of thiophene rings is 1. The number of halogens is 1. The van der Waals surface area contributed by atoms with E-state index in [1.807, 2.05) is 12.1 Å². The van der Waals surface area contributed by atoms with E-state index in [4.69, 9.17) is 16.1 Å². The van der Waals surface area contributed by atoms with Crippen LogP contribution < -0.4 is 5.32 Å². The molecule has 0 aliphatic heterocycles. The van der Waals surface area contributed by atoms with E-state index in [-0.39, 0.29) is 5.91 Å². The molecule has 2 rings (SSSR count). The zero-order chi connectivity index (χ0) is 12.3. The Morgan fingerprint density at radius 1 is 1.59 bits per heavy atom. The molecule has 4 nitrogen and oxygen atoms in total. The molecule has 0 aromatic carbocycles. The van der Waals surface area contributed by atoms with Crippen molar-refractivity contribution in [2.45, 2.75) is 19.8 Å². The first-order valence-corrected chi connectivity index (χ1v) is 6.30. The second kappa shape index (κ2) is 5.33. The molecular weight excluding hydrogens is 260 g/mol. The molecule has 2 aromatic rings. The van der Waals surface area contributed by atoms with Crippen LogP contribution >= 0.6 is 22.9 Å². The van der Waals surface area contributed by atoms with Gasteiger partial charge >= 0.3 is 0 Å². The SMILES string of the molecule is Cc1cc(NC(=O)CCc2ccc(Cl)s2)no1. The lowest BCUT2D eigenvalue weighted by molar-refractivity contribution is -0.116. The molecule has 0 radical (unpaired) electrons. The van der Waals surface area contributed by atoms with Gasteiger partial charge in [0, 0.05) is 17.4 Å². The molecule has 1 N–H and O–H groups in total. The first kappa shape index (κ1) is 12.1. The summed E-state index contributed by atoms with van der Waals surface area (Å²) in [5.74, 6) is 1.05. The number of hydrogen-bond acceptors (Lipinski definition) is 4. The Bertz CT molecular complexity index is 521. The van der Waals surface area contributed by atoms with Gasteiger partial charge in [-0.1, -0.05) is 16.8 Å². The molecule has 0 aliphatic carbocycles. The predicted octanol–water partition coefficient (Wildman–Crippen LogP) is 3.27. The minimum Gasteiger partial charge on any atom is -0.360 e. The Kier molecular flexibility index (Phi) is 3.81. The molecule has 1 amide bonds. The van der Waals surface area contributed by atoms with E-state index in [0.29, 0.717) is 24.4 Å². The normalized spacial score (nSPS) is 10.5. The number of amides is 1. The lowest BCUT2D eigenvalue weighted by Crippen LogP contribution is -2.12. The number of carbonyl (C=O) groups excluding carboxylic acids is 1. The largest absolute Gasteiger partial charge is 0.360 e. The number of hydrogen-bond donors (Lipinski definition) is 1. The molecular formula is C11H11ClN2O2S. The molecule has 90 valence electrons. The topological polar surface area (TPSA) is 55.1 Å². The van der Waals surface area contributed by atoms with Gasteiger partial charge in [0.2, 0.25) is 5.91 Å². The fraction of sp³-hybridized carbons (Fsp3) is 0.273. The maximum Gasteiger partial charge on any atom is 0.225 e. The van der Waals surface area contributed by atoms with E-state index in [1.165, 1.54) is 11.3 Å². The summed E-state index contributed by atoms with van der Waals surface area (Å²) in [6.45, 7) is 1.77. The monoisotopic (exact) mass is 270 g/mol. The van der Waals surface area contributed by atoms with Crippen molar-refractivity contribution in [2.75, 3.05) is 5.32 Å². The third kappa shape index (κ3) is 3.57. The molecule has 2 aromatic heterocycles. The summed E-state index contributed by atoms with van der Waals surface area (Å²) >= 11 is 7.30. The molecule has 17 heavy (non-hydrogen) atoms. The molecule has 0 atom stereocenters. The van der Waals surface area contributed by atoms with Crippen molar-refractivity contribution in [3.05, 3.63) is 33.2 Å². The summed E-state index contributed by atoms with van der Waals surface area (Å²) < 4.78 is 5.59. The molecule has 0 saturated carbocycles. The smallest absolute Gasteiger partial charge is 0.225 e. The molecule has 0 saturated heterocycles. The second-order valence-corrected chi connectivity index (χ2v) is 5.38. The molecule has 0 spiro atoms. The van der Waals surface area contributed by atoms with Crippen molar-refractivity contribution in [3.63, 3.8) is 0 Å². The number of rotatable bonds is 4. The van der Waals surface area contributed by atoms with Gasteiger partial charge < -0.3 is 9.84 Å². The number of aromatic nitrogens is 1. The van der Waals surface area contributed by atoms with Crippen molar-refractivity contribution >= 4 is 34.7 Å². The summed E-state index contributed by atoms with van der Waals surface area (Å²) in [4.78, 5) is 12.7. The third-order valence-corrected chi connectivity index (χ3v) is 3.41. The van der Waals surface area contributed by atoms with Crippen molar-refractivity contribution in [1.82, 2.24) is 5.16 Å². The number of carbonyl (C=O) groups is 1. The molecule has 0 bridgehead atoms. The average Bonchev–Trinajstić information content (AvgIpc) is 2.85.